The van der Waals surface area contributed by atoms with E-state index in [0.717, 1.165) is 27.7 Å². The molecule has 2 aromatic rings. The molecule has 130 valence electrons. The van der Waals surface area contributed by atoms with Crippen molar-refractivity contribution >= 4 is 45.1 Å². The summed E-state index contributed by atoms with van der Waals surface area (Å²) in [4.78, 5) is 5.45. The molecule has 0 bridgehead atoms. The molecular weight excluding hydrogens is 398 g/mol. The normalized spacial score (nSPS) is 21.4. The number of hydrazone groups is 1. The fourth-order valence-corrected chi connectivity index (χ4v) is 4.10. The fraction of sp³-hybridized carbons (Fsp3) is 0.111. The van der Waals surface area contributed by atoms with Crippen LogP contribution in [-0.4, -0.2) is 15.9 Å². The molecule has 1 unspecified atom stereocenters. The minimum Gasteiger partial charge on any atom is -0.258 e. The zero-order valence-electron chi connectivity index (χ0n) is 14.9. The molecule has 5 nitrogen and oxygen atoms in total. The first kappa shape index (κ1) is 16.2. The first-order chi connectivity index (χ1) is 12.1. The number of allylic oxidation sites excluding steroid dienone is 2. The van der Waals surface area contributed by atoms with Gasteiger partial charge in [0.1, 0.15) is 0 Å². The third-order valence-corrected chi connectivity index (χ3v) is 5.84. The number of amidine groups is 1. The van der Waals surface area contributed by atoms with Crippen LogP contribution in [0.2, 0.25) is 0 Å². The smallest absolute Gasteiger partial charge is 0.176 e. The van der Waals surface area contributed by atoms with Crippen LogP contribution in [0.4, 0.5) is 5.69 Å². The Morgan fingerprint density at radius 2 is 1.64 bits per heavy atom. The Labute approximate surface area is 162 Å². The molecule has 0 radical (unpaired) electrons. The Morgan fingerprint density at radius 1 is 1.00 bits per heavy atom. The van der Waals surface area contributed by atoms with Gasteiger partial charge in [-0.2, -0.15) is 5.12 Å². The Kier molecular flexibility index (Phi) is 4.76. The van der Waals surface area contributed by atoms with Gasteiger partial charge in [-0.15, -0.1) is 26.6 Å². The molecule has 7 heteroatoms. The number of aliphatic imine (C=N–C) groups is 1. The monoisotopic (exact) mass is 418 g/mol. The quantitative estimate of drug-likeness (QED) is 0.726. The number of halogens is 1. The van der Waals surface area contributed by atoms with Crippen LogP contribution in [0.3, 0.4) is 0 Å². The van der Waals surface area contributed by atoms with E-state index >= 15 is 0 Å². The molecule has 1 N–H and O–H groups in total. The van der Waals surface area contributed by atoms with Crippen molar-refractivity contribution in [3.63, 3.8) is 0 Å². The first-order valence-electron chi connectivity index (χ1n) is 8.24. The highest BCUT2D eigenvalue weighted by Crippen LogP contribution is 2.45. The highest BCUT2D eigenvalue weighted by Gasteiger charge is 2.31. The molecule has 25 heavy (non-hydrogen) atoms. The first-order valence-corrected chi connectivity index (χ1v) is 9.03. The van der Waals surface area contributed by atoms with Gasteiger partial charge < -0.3 is 0 Å². The average Bonchev–Trinajstić information content (AvgIpc) is 3.18. The van der Waals surface area contributed by atoms with Gasteiger partial charge in [0, 0.05) is 16.2 Å². The topological polar surface area (TPSA) is 43.2 Å². The second kappa shape index (κ2) is 7.33. The number of nitrogens with one attached hydrogen (secondary N) is 1. The predicted molar refractivity (Wildman–Crippen MR) is 113 cm³/mol. The Morgan fingerprint density at radius 3 is 2.24 bits per heavy atom. The van der Waals surface area contributed by atoms with Crippen LogP contribution in [0.15, 0.2) is 81.4 Å². The van der Waals surface area contributed by atoms with E-state index in [9.17, 15) is 0 Å². The van der Waals surface area contributed by atoms with Gasteiger partial charge in [0.2, 0.25) is 0 Å². The van der Waals surface area contributed by atoms with Crippen molar-refractivity contribution in [2.45, 2.75) is 13.8 Å². The lowest BCUT2D eigenvalue weighted by molar-refractivity contribution is 0.475. The van der Waals surface area contributed by atoms with E-state index in [1.54, 1.807) is 0 Å². The van der Waals surface area contributed by atoms with E-state index in [-0.39, 0.29) is 17.0 Å². The van der Waals surface area contributed by atoms with Crippen LogP contribution < -0.4 is 10.5 Å². The molecule has 4 rings (SSSR count). The zero-order valence-corrected chi connectivity index (χ0v) is 16.5. The molecule has 1 atom stereocenters. The number of thiol groups is 1. The lowest BCUT2D eigenvalue weighted by atomic mass is 10.2. The van der Waals surface area contributed by atoms with Gasteiger partial charge >= 0.3 is 0 Å². The standard InChI is InChI=1S/C18H19N5S.BrH/c1-14-15(2)24(13-19-14)23-21-18(16-9-5-3-6-10-16)20-22(23)17-11-7-4-8-12-17;/h3-13,24H,1-2H3,(H,20,21);1H/i13D;. The third kappa shape index (κ3) is 3.29. The SMILES string of the molecule is Br.[2H]C1=NC(C)=C(C)[SH]1N1N=C(c2ccccc2)NN1c1ccccc1. The summed E-state index contributed by atoms with van der Waals surface area (Å²) in [6, 6.07) is 20.0. The molecular formula is C18H20BrN5S. The van der Waals surface area contributed by atoms with Gasteiger partial charge in [0.25, 0.3) is 0 Å². The summed E-state index contributed by atoms with van der Waals surface area (Å²) in [5.41, 5.74) is 6.61. The lowest BCUT2D eigenvalue weighted by Crippen LogP contribution is -2.43. The Balaban J connectivity index is 0.00000196. The van der Waals surface area contributed by atoms with E-state index in [4.69, 9.17) is 6.47 Å². The maximum atomic E-state index is 8.31. The van der Waals surface area contributed by atoms with Crippen LogP contribution in [0.5, 0.6) is 0 Å². The largest absolute Gasteiger partial charge is 0.258 e. The van der Waals surface area contributed by atoms with Crippen LogP contribution >= 0.6 is 28.1 Å². The number of para-hydroxylation sites is 1. The van der Waals surface area contributed by atoms with Gasteiger partial charge in [0.15, 0.2) is 5.84 Å². The Bertz CT molecular complexity index is 885. The number of hydrogen-bond donors (Lipinski definition) is 2. The summed E-state index contributed by atoms with van der Waals surface area (Å²) in [5.74, 6) is 0.761. The van der Waals surface area contributed by atoms with Crippen LogP contribution in [-0.2, 0) is 0 Å². The number of anilines is 1. The predicted octanol–water partition coefficient (Wildman–Crippen LogP) is 4.38. The molecule has 2 aliphatic heterocycles. The van der Waals surface area contributed by atoms with Crippen molar-refractivity contribution in [2.75, 3.05) is 5.12 Å². The summed E-state index contributed by atoms with van der Waals surface area (Å²) in [6.45, 7) is 3.98. The van der Waals surface area contributed by atoms with Crippen molar-refractivity contribution in [1.29, 1.82) is 0 Å². The van der Waals surface area contributed by atoms with Crippen molar-refractivity contribution < 1.29 is 1.37 Å². The van der Waals surface area contributed by atoms with Gasteiger partial charge in [-0.25, -0.2) is 0 Å². The second-order valence-corrected chi connectivity index (χ2v) is 7.39. The molecule has 0 amide bonds. The molecule has 2 aromatic carbocycles. The maximum Gasteiger partial charge on any atom is 0.176 e. The minimum absolute atomic E-state index is 0. The maximum absolute atomic E-state index is 8.31. The van der Waals surface area contributed by atoms with Gasteiger partial charge in [-0.05, 0) is 26.0 Å². The average molecular weight is 419 g/mol. The molecule has 0 saturated carbocycles. The van der Waals surface area contributed by atoms with Crippen molar-refractivity contribution in [1.82, 2.24) is 9.95 Å². The fourth-order valence-electron chi connectivity index (χ4n) is 2.50. The van der Waals surface area contributed by atoms with Crippen LogP contribution in [0.25, 0.3) is 0 Å². The number of rotatable bonds is 3. The van der Waals surface area contributed by atoms with Crippen molar-refractivity contribution in [3.8, 4) is 0 Å². The number of hydrogen-bond acceptors (Lipinski definition) is 5. The minimum atomic E-state index is -1.08. The van der Waals surface area contributed by atoms with Gasteiger partial charge in [-0.3, -0.25) is 10.4 Å². The molecule has 0 aromatic heterocycles. The summed E-state index contributed by atoms with van der Waals surface area (Å²) in [6.07, 6.45) is 0. The summed E-state index contributed by atoms with van der Waals surface area (Å²) < 4.78 is 10.2. The van der Waals surface area contributed by atoms with E-state index < -0.39 is 11.1 Å². The molecule has 2 heterocycles. The van der Waals surface area contributed by atoms with Crippen molar-refractivity contribution in [2.24, 2.45) is 10.1 Å². The van der Waals surface area contributed by atoms with E-state index in [1.165, 1.54) is 0 Å². The third-order valence-electron chi connectivity index (χ3n) is 3.96. The van der Waals surface area contributed by atoms with E-state index in [2.05, 4.69) is 10.4 Å². The highest BCUT2D eigenvalue weighted by molar-refractivity contribution is 8.93. The van der Waals surface area contributed by atoms with Gasteiger partial charge in [-0.1, -0.05) is 59.6 Å². The summed E-state index contributed by atoms with van der Waals surface area (Å²) in [7, 11) is 0. The zero-order chi connectivity index (χ0) is 17.4. The van der Waals surface area contributed by atoms with Gasteiger partial charge in [0.05, 0.1) is 12.6 Å². The Hall–Kier alpha value is -2.25. The lowest BCUT2D eigenvalue weighted by Gasteiger charge is -2.33. The summed E-state index contributed by atoms with van der Waals surface area (Å²) >= 11 is -1.08. The number of nitrogens with zero attached hydrogens (tertiary/aromatic N) is 4. The molecule has 0 fully saturated rings. The van der Waals surface area contributed by atoms with Crippen molar-refractivity contribution in [3.05, 3.63) is 76.8 Å². The van der Waals surface area contributed by atoms with E-state index in [1.807, 2.05) is 84.2 Å². The number of benzene rings is 2. The van der Waals surface area contributed by atoms with Crippen LogP contribution in [0.1, 0.15) is 20.8 Å². The highest BCUT2D eigenvalue weighted by atomic mass is 79.9. The molecule has 0 saturated heterocycles. The van der Waals surface area contributed by atoms with Crippen LogP contribution in [0, 0.1) is 0 Å². The number of hydrazine groups is 2. The molecule has 2 aliphatic rings. The molecule has 0 aliphatic carbocycles. The summed E-state index contributed by atoms with van der Waals surface area (Å²) in [5, 5.41) is 6.69. The molecule has 0 spiro atoms. The second-order valence-electron chi connectivity index (χ2n) is 5.54. The van der Waals surface area contributed by atoms with E-state index in [0.29, 0.717) is 5.52 Å².